The van der Waals surface area contributed by atoms with Crippen molar-refractivity contribution < 1.29 is 43.2 Å². The Bertz CT molecular complexity index is 1530. The number of rotatable bonds is 46. The first-order valence-electron chi connectivity index (χ1n) is 28.9. The third-order valence-electron chi connectivity index (χ3n) is 13.5. The summed E-state index contributed by atoms with van der Waals surface area (Å²) in [6.07, 6.45) is 39.5. The number of carbonyl (C=O) groups is 4. The van der Waals surface area contributed by atoms with Crippen LogP contribution in [0, 0.1) is 0 Å². The molecule has 398 valence electrons. The number of carbonyl (C=O) groups excluding carboxylic acids is 4. The molecule has 0 unspecified atom stereocenters. The molecule has 0 radical (unpaired) electrons. The van der Waals surface area contributed by atoms with Crippen LogP contribution in [0.15, 0.2) is 36.4 Å². The molecule has 2 rings (SSSR count). The molecule has 70 heavy (non-hydrogen) atoms. The monoisotopic (exact) mass is 977 g/mol. The van der Waals surface area contributed by atoms with Crippen LogP contribution < -0.4 is 0 Å². The molecule has 0 saturated carbocycles. The van der Waals surface area contributed by atoms with Crippen molar-refractivity contribution in [2.24, 2.45) is 0 Å². The van der Waals surface area contributed by atoms with Gasteiger partial charge in [0.15, 0.2) is 0 Å². The van der Waals surface area contributed by atoms with E-state index >= 15 is 0 Å². The van der Waals surface area contributed by atoms with Gasteiger partial charge in [0.2, 0.25) is 0 Å². The minimum Gasteiger partial charge on any atom is -0.462 e. The summed E-state index contributed by atoms with van der Waals surface area (Å²) in [6.45, 7) is 9.82. The smallest absolute Gasteiger partial charge is 0.339 e. The molecule has 0 aliphatic carbocycles. The molecule has 2 aromatic rings. The number of aliphatic hydroxyl groups excluding tert-OH is 1. The SMILES string of the molecule is CCCCCCCCCCCOC(=O)c1ccc(C(O)c2ccc(C(=O)OCCCCCCCCCCC)c(C(=O)OCCCCCCCCCCC)c2)cc1C(=O)OCCCCCCCCCCC. The third-order valence-corrected chi connectivity index (χ3v) is 13.5. The van der Waals surface area contributed by atoms with E-state index in [1.54, 1.807) is 12.1 Å². The van der Waals surface area contributed by atoms with Crippen LogP contribution in [0.25, 0.3) is 0 Å². The van der Waals surface area contributed by atoms with E-state index < -0.39 is 30.0 Å². The minimum absolute atomic E-state index is 0.0156. The Hall–Kier alpha value is -3.72. The fourth-order valence-electron chi connectivity index (χ4n) is 8.97. The predicted molar refractivity (Wildman–Crippen MR) is 287 cm³/mol. The van der Waals surface area contributed by atoms with Crippen molar-refractivity contribution >= 4 is 23.9 Å². The summed E-state index contributed by atoms with van der Waals surface area (Å²) in [6, 6.07) is 9.15. The van der Waals surface area contributed by atoms with E-state index in [9.17, 15) is 24.3 Å². The van der Waals surface area contributed by atoms with Crippen molar-refractivity contribution in [2.75, 3.05) is 26.4 Å². The van der Waals surface area contributed by atoms with Gasteiger partial charge in [-0.1, -0.05) is 245 Å². The van der Waals surface area contributed by atoms with E-state index in [-0.39, 0.29) is 48.7 Å². The number of esters is 4. The molecule has 0 atom stereocenters. The molecular weight excluding hydrogens is 877 g/mol. The average Bonchev–Trinajstić information content (AvgIpc) is 3.37. The van der Waals surface area contributed by atoms with Crippen LogP contribution >= 0.6 is 0 Å². The van der Waals surface area contributed by atoms with Crippen molar-refractivity contribution in [1.82, 2.24) is 0 Å². The van der Waals surface area contributed by atoms with Crippen LogP contribution in [0.4, 0.5) is 0 Å². The highest BCUT2D eigenvalue weighted by Crippen LogP contribution is 2.28. The van der Waals surface area contributed by atoms with Crippen LogP contribution in [0.1, 0.15) is 318 Å². The van der Waals surface area contributed by atoms with Gasteiger partial charge in [0.05, 0.1) is 48.7 Å². The van der Waals surface area contributed by atoms with Gasteiger partial charge in [0, 0.05) is 0 Å². The minimum atomic E-state index is -1.31. The molecule has 0 aliphatic rings. The maximum atomic E-state index is 13.7. The van der Waals surface area contributed by atoms with Gasteiger partial charge in [-0.2, -0.15) is 0 Å². The second-order valence-corrected chi connectivity index (χ2v) is 19.9. The van der Waals surface area contributed by atoms with Crippen molar-refractivity contribution in [3.63, 3.8) is 0 Å². The van der Waals surface area contributed by atoms with Crippen LogP contribution in [0.3, 0.4) is 0 Å². The number of aliphatic hydroxyl groups is 1. The van der Waals surface area contributed by atoms with E-state index in [1.807, 2.05) is 0 Å². The second kappa shape index (κ2) is 42.9. The standard InChI is InChI=1S/C61H100O9/c1-5-9-13-17-21-25-29-33-37-45-67-58(63)53-43-41-51(49-55(53)60(65)69-47-39-35-31-27-23-19-15-11-7-3)57(62)52-42-44-54(59(64)68-46-38-34-30-26-22-18-14-10-6-2)56(50-52)61(66)70-48-40-36-32-28-24-20-16-12-8-4/h41-44,49-50,57,62H,5-40,45-48H2,1-4H3. The lowest BCUT2D eigenvalue weighted by atomic mass is 9.94. The molecule has 1 N–H and O–H groups in total. The second-order valence-electron chi connectivity index (χ2n) is 19.9. The number of hydrogen-bond donors (Lipinski definition) is 1. The summed E-state index contributed by atoms with van der Waals surface area (Å²) in [7, 11) is 0. The van der Waals surface area contributed by atoms with Gasteiger partial charge >= 0.3 is 23.9 Å². The van der Waals surface area contributed by atoms with Gasteiger partial charge in [-0.25, -0.2) is 19.2 Å². The number of unbranched alkanes of at least 4 members (excludes halogenated alkanes) is 32. The Kier molecular flexibility index (Phi) is 38.3. The van der Waals surface area contributed by atoms with E-state index in [2.05, 4.69) is 27.7 Å². The first kappa shape index (κ1) is 62.4. The molecule has 0 spiro atoms. The fraction of sp³-hybridized carbons (Fsp3) is 0.738. The van der Waals surface area contributed by atoms with Gasteiger partial charge < -0.3 is 24.1 Å². The lowest BCUT2D eigenvalue weighted by Crippen LogP contribution is -2.17. The van der Waals surface area contributed by atoms with Crippen molar-refractivity contribution in [1.29, 1.82) is 0 Å². The normalized spacial score (nSPS) is 11.3. The van der Waals surface area contributed by atoms with E-state index in [0.29, 0.717) is 24.0 Å². The van der Waals surface area contributed by atoms with Gasteiger partial charge in [-0.05, 0) is 61.1 Å². The molecule has 0 amide bonds. The van der Waals surface area contributed by atoms with Crippen LogP contribution in [0.2, 0.25) is 0 Å². The number of ether oxygens (including phenoxy) is 4. The highest BCUT2D eigenvalue weighted by molar-refractivity contribution is 6.04. The summed E-state index contributed by atoms with van der Waals surface area (Å²) < 4.78 is 22.9. The quantitative estimate of drug-likeness (QED) is 0.0392. The molecule has 0 aromatic heterocycles. The molecule has 0 bridgehead atoms. The van der Waals surface area contributed by atoms with Gasteiger partial charge in [-0.3, -0.25) is 0 Å². The van der Waals surface area contributed by atoms with E-state index in [0.717, 1.165) is 77.0 Å². The Morgan fingerprint density at radius 2 is 0.514 bits per heavy atom. The molecule has 9 heteroatoms. The third kappa shape index (κ3) is 29.0. The Morgan fingerprint density at radius 3 is 0.743 bits per heavy atom. The van der Waals surface area contributed by atoms with Crippen molar-refractivity contribution in [3.8, 4) is 0 Å². The maximum absolute atomic E-state index is 13.7. The largest absolute Gasteiger partial charge is 0.462 e. The zero-order valence-corrected chi connectivity index (χ0v) is 45.0. The average molecular weight is 977 g/mol. The molecule has 0 fully saturated rings. The van der Waals surface area contributed by atoms with Crippen LogP contribution in [0.5, 0.6) is 0 Å². The Morgan fingerprint density at radius 1 is 0.314 bits per heavy atom. The first-order chi connectivity index (χ1) is 34.3. The molecule has 0 saturated heterocycles. The zero-order valence-electron chi connectivity index (χ0n) is 45.0. The van der Waals surface area contributed by atoms with Gasteiger partial charge in [-0.15, -0.1) is 0 Å². The molecule has 0 aliphatic heterocycles. The van der Waals surface area contributed by atoms with Crippen LogP contribution in [-0.4, -0.2) is 55.4 Å². The van der Waals surface area contributed by atoms with E-state index in [1.165, 1.54) is 166 Å². The van der Waals surface area contributed by atoms with Crippen molar-refractivity contribution in [3.05, 3.63) is 69.8 Å². The summed E-state index contributed by atoms with van der Waals surface area (Å²) in [4.78, 5) is 54.5. The molecule has 9 nitrogen and oxygen atoms in total. The molecular formula is C61H100O9. The number of hydrogen-bond acceptors (Lipinski definition) is 9. The zero-order chi connectivity index (χ0) is 50.7. The fourth-order valence-corrected chi connectivity index (χ4v) is 8.97. The lowest BCUT2D eigenvalue weighted by molar-refractivity contribution is 0.0449. The molecule has 0 heterocycles. The number of benzene rings is 2. The lowest BCUT2D eigenvalue weighted by Gasteiger charge is -2.17. The van der Waals surface area contributed by atoms with E-state index in [4.69, 9.17) is 18.9 Å². The Balaban J connectivity index is 2.22. The predicted octanol–water partition coefficient (Wildman–Crippen LogP) is 17.5. The topological polar surface area (TPSA) is 125 Å². The summed E-state index contributed by atoms with van der Waals surface area (Å²) in [5.41, 5.74) is 0.827. The summed E-state index contributed by atoms with van der Waals surface area (Å²) in [5, 5.41) is 11.9. The summed E-state index contributed by atoms with van der Waals surface area (Å²) in [5.74, 6) is -2.54. The van der Waals surface area contributed by atoms with Gasteiger partial charge in [0.1, 0.15) is 6.10 Å². The highest BCUT2D eigenvalue weighted by Gasteiger charge is 2.26. The highest BCUT2D eigenvalue weighted by atomic mass is 16.5. The summed E-state index contributed by atoms with van der Waals surface area (Å²) >= 11 is 0. The van der Waals surface area contributed by atoms with Crippen LogP contribution in [-0.2, 0) is 18.9 Å². The van der Waals surface area contributed by atoms with Crippen molar-refractivity contribution in [2.45, 2.75) is 265 Å². The van der Waals surface area contributed by atoms with Gasteiger partial charge in [0.25, 0.3) is 0 Å². The molecule has 2 aromatic carbocycles. The first-order valence-corrected chi connectivity index (χ1v) is 28.9. The Labute approximate surface area is 426 Å². The maximum Gasteiger partial charge on any atom is 0.339 e.